The monoisotopic (exact) mass is 859 g/mol. The van der Waals surface area contributed by atoms with Crippen molar-refractivity contribution in [1.82, 2.24) is 17.8 Å². The number of aryl methyl sites for hydroxylation is 2. The average Bonchev–Trinajstić information content (AvgIpc) is 3.80. The number of anilines is 1. The lowest BCUT2D eigenvalue weighted by atomic mass is 9.67. The largest absolute Gasteiger partial charge is 0.372 e. The van der Waals surface area contributed by atoms with Crippen molar-refractivity contribution in [2.24, 2.45) is 11.8 Å². The summed E-state index contributed by atoms with van der Waals surface area (Å²) in [6, 6.07) is 24.0. The molecule has 8 nitrogen and oxygen atoms in total. The Bertz CT molecular complexity index is 2180. The molecule has 4 atom stereocenters. The van der Waals surface area contributed by atoms with E-state index in [2.05, 4.69) is 107 Å². The molecule has 4 heterocycles. The maximum Gasteiger partial charge on any atom is 0.260 e. The zero-order chi connectivity index (χ0) is 38.1. The van der Waals surface area contributed by atoms with Gasteiger partial charge in [0.2, 0.25) is 5.91 Å². The van der Waals surface area contributed by atoms with Crippen molar-refractivity contribution in [3.63, 3.8) is 0 Å². The van der Waals surface area contributed by atoms with Crippen LogP contribution in [0, 0.1) is 18.8 Å². The molecule has 1 saturated carbocycles. The standard InChI is InChI=1S/C47H50IN5O3/c1-31-7-13-40-34(27-31)8-14-39(33-5-3-2-4-6-33)47(40)41-15-10-36(11-16-42(41)47)50-21-19-32(20-22-50)29-49-23-25-51(26-24-49)37-9-12-38-35(28-37)30-52(45(38)55)43-17-18-44(54)53(48)46(43)56/h2-7,9-13,15-16,27-28,32,39,41,43H,8,14,17-26,29-30H2,1H3/t39?,41?,43-,47?/m0/s1. The van der Waals surface area contributed by atoms with E-state index in [0.717, 1.165) is 66.6 Å². The summed E-state index contributed by atoms with van der Waals surface area (Å²) in [5.74, 6) is 1.10. The minimum Gasteiger partial charge on any atom is -0.372 e. The van der Waals surface area contributed by atoms with E-state index < -0.39 is 6.04 Å². The smallest absolute Gasteiger partial charge is 0.260 e. The van der Waals surface area contributed by atoms with E-state index in [-0.39, 0.29) is 29.6 Å². The highest BCUT2D eigenvalue weighted by Crippen LogP contribution is 2.70. The van der Waals surface area contributed by atoms with Crippen molar-refractivity contribution >= 4 is 46.3 Å². The number of piperidine rings is 2. The fourth-order valence-corrected chi connectivity index (χ4v) is 11.7. The Morgan fingerprint density at radius 2 is 1.59 bits per heavy atom. The molecule has 7 aliphatic rings. The van der Waals surface area contributed by atoms with Crippen LogP contribution in [0.2, 0.25) is 0 Å². The highest BCUT2D eigenvalue weighted by atomic mass is 127. The van der Waals surface area contributed by atoms with Gasteiger partial charge in [-0.2, -0.15) is 0 Å². The van der Waals surface area contributed by atoms with Gasteiger partial charge in [0, 0.05) is 87.1 Å². The van der Waals surface area contributed by atoms with Crippen LogP contribution in [0.1, 0.15) is 76.2 Å². The SMILES string of the molecule is Cc1ccc2c(c1)CCC(c1ccccc1)C21C2=CC=C(N3CCC(CN4CCN(c5ccc6c(c5)CN([C@H]5CCC(=O)N(I)C5=O)C6=O)CC4)CC3)C=CC21. The number of benzene rings is 3. The third kappa shape index (κ3) is 6.06. The first-order valence-corrected chi connectivity index (χ1v) is 21.7. The Balaban J connectivity index is 0.743. The number of imide groups is 1. The molecule has 3 aliphatic carbocycles. The number of nitrogens with zero attached hydrogens (tertiary/aromatic N) is 5. The normalized spacial score (nSPS) is 27.9. The second kappa shape index (κ2) is 14.3. The van der Waals surface area contributed by atoms with Crippen molar-refractivity contribution < 1.29 is 14.4 Å². The van der Waals surface area contributed by atoms with Crippen molar-refractivity contribution in [3.05, 3.63) is 136 Å². The molecule has 3 aromatic carbocycles. The number of carbonyl (C=O) groups excluding carboxylic acids is 3. The van der Waals surface area contributed by atoms with Crippen LogP contribution in [-0.2, 0) is 28.0 Å². The summed E-state index contributed by atoms with van der Waals surface area (Å²) in [7, 11) is 0. The predicted octanol–water partition coefficient (Wildman–Crippen LogP) is 7.33. The number of fused-ring (bicyclic) bond motifs is 6. The number of halogens is 1. The first-order chi connectivity index (χ1) is 27.3. The number of rotatable bonds is 6. The van der Waals surface area contributed by atoms with Crippen LogP contribution in [0.4, 0.5) is 5.69 Å². The quantitative estimate of drug-likeness (QED) is 0.147. The molecule has 0 bridgehead atoms. The summed E-state index contributed by atoms with van der Waals surface area (Å²) < 4.78 is 1.15. The number of likely N-dealkylation sites (tertiary alicyclic amines) is 1. The zero-order valence-electron chi connectivity index (χ0n) is 32.2. The molecule has 0 radical (unpaired) electrons. The summed E-state index contributed by atoms with van der Waals surface area (Å²) in [5, 5.41) is 0. The summed E-state index contributed by atoms with van der Waals surface area (Å²) in [6.07, 6.45) is 15.4. The first kappa shape index (κ1) is 36.1. The zero-order valence-corrected chi connectivity index (χ0v) is 34.4. The molecule has 4 fully saturated rings. The van der Waals surface area contributed by atoms with Gasteiger partial charge in [-0.25, -0.2) is 3.11 Å². The second-order valence-corrected chi connectivity index (χ2v) is 18.1. The molecule has 3 aromatic rings. The molecular formula is C47H50IN5O3. The van der Waals surface area contributed by atoms with Crippen molar-refractivity contribution in [2.75, 3.05) is 50.7 Å². The Kier molecular flexibility index (Phi) is 9.23. The van der Waals surface area contributed by atoms with Crippen LogP contribution in [0.3, 0.4) is 0 Å². The summed E-state index contributed by atoms with van der Waals surface area (Å²) in [6.45, 7) is 10.0. The molecule has 3 saturated heterocycles. The van der Waals surface area contributed by atoms with Gasteiger partial charge in [-0.3, -0.25) is 19.3 Å². The molecule has 288 valence electrons. The minimum absolute atomic E-state index is 0.0794. The highest BCUT2D eigenvalue weighted by Gasteiger charge is 2.65. The Labute approximate surface area is 344 Å². The lowest BCUT2D eigenvalue weighted by Crippen LogP contribution is -2.51. The van der Waals surface area contributed by atoms with Crippen molar-refractivity contribution in [1.29, 1.82) is 0 Å². The van der Waals surface area contributed by atoms with Gasteiger partial charge in [0.15, 0.2) is 0 Å². The van der Waals surface area contributed by atoms with Crippen LogP contribution in [0.5, 0.6) is 0 Å². The molecule has 3 unspecified atom stereocenters. The van der Waals surface area contributed by atoms with Gasteiger partial charge in [-0.1, -0.05) is 66.2 Å². The summed E-state index contributed by atoms with van der Waals surface area (Å²) in [4.78, 5) is 47.5. The molecule has 56 heavy (non-hydrogen) atoms. The van der Waals surface area contributed by atoms with E-state index in [1.165, 1.54) is 36.1 Å². The first-order valence-electron chi connectivity index (χ1n) is 20.7. The van der Waals surface area contributed by atoms with Gasteiger partial charge in [-0.15, -0.1) is 0 Å². The maximum absolute atomic E-state index is 13.3. The van der Waals surface area contributed by atoms with Crippen molar-refractivity contribution in [2.45, 2.75) is 69.4 Å². The fourth-order valence-electron chi connectivity index (χ4n) is 11.2. The summed E-state index contributed by atoms with van der Waals surface area (Å²) in [5.41, 5.74) is 11.8. The molecule has 9 heteroatoms. The highest BCUT2D eigenvalue weighted by molar-refractivity contribution is 14.1. The van der Waals surface area contributed by atoms with Crippen LogP contribution >= 0.6 is 22.9 Å². The lowest BCUT2D eigenvalue weighted by molar-refractivity contribution is -0.143. The fraction of sp³-hybridized carbons (Fsp3) is 0.426. The van der Waals surface area contributed by atoms with E-state index >= 15 is 0 Å². The number of hydrogen-bond acceptors (Lipinski definition) is 6. The molecule has 10 rings (SSSR count). The molecule has 0 N–H and O–H groups in total. The number of carbonyl (C=O) groups is 3. The van der Waals surface area contributed by atoms with Gasteiger partial charge in [0.05, 0.1) is 22.9 Å². The van der Waals surface area contributed by atoms with Gasteiger partial charge < -0.3 is 14.7 Å². The van der Waals surface area contributed by atoms with Gasteiger partial charge in [0.1, 0.15) is 6.04 Å². The van der Waals surface area contributed by atoms with E-state index in [9.17, 15) is 14.4 Å². The number of hydrogen-bond donors (Lipinski definition) is 0. The Hall–Kier alpha value is -4.22. The van der Waals surface area contributed by atoms with Crippen LogP contribution in [-0.4, -0.2) is 87.4 Å². The maximum atomic E-state index is 13.3. The van der Waals surface area contributed by atoms with E-state index in [1.54, 1.807) is 44.5 Å². The molecule has 1 spiro atoms. The van der Waals surface area contributed by atoms with Crippen molar-refractivity contribution in [3.8, 4) is 0 Å². The molecular weight excluding hydrogens is 809 g/mol. The topological polar surface area (TPSA) is 67.4 Å². The molecule has 3 amide bonds. The predicted molar refractivity (Wildman–Crippen MR) is 227 cm³/mol. The second-order valence-electron chi connectivity index (χ2n) is 17.1. The third-order valence-electron chi connectivity index (χ3n) is 14.1. The minimum atomic E-state index is -0.572. The van der Waals surface area contributed by atoms with E-state index in [0.29, 0.717) is 36.3 Å². The van der Waals surface area contributed by atoms with E-state index in [4.69, 9.17) is 0 Å². The van der Waals surface area contributed by atoms with Gasteiger partial charge >= 0.3 is 0 Å². The summed E-state index contributed by atoms with van der Waals surface area (Å²) >= 11 is 1.77. The molecule has 0 aromatic heterocycles. The number of amides is 3. The van der Waals surface area contributed by atoms with Crippen LogP contribution in [0.15, 0.2) is 102 Å². The van der Waals surface area contributed by atoms with E-state index in [1.807, 2.05) is 6.07 Å². The van der Waals surface area contributed by atoms with Crippen LogP contribution in [0.25, 0.3) is 0 Å². The lowest BCUT2D eigenvalue weighted by Gasteiger charge is -2.40. The number of allylic oxidation sites excluding steroid dienone is 5. The number of piperazine rings is 1. The third-order valence-corrected chi connectivity index (χ3v) is 15.1. The Morgan fingerprint density at radius 1 is 0.786 bits per heavy atom. The van der Waals surface area contributed by atoms with Gasteiger partial charge in [0.25, 0.3) is 11.8 Å². The Morgan fingerprint density at radius 3 is 2.39 bits per heavy atom. The van der Waals surface area contributed by atoms with Crippen LogP contribution < -0.4 is 4.90 Å². The van der Waals surface area contributed by atoms with Gasteiger partial charge in [-0.05, 0) is 109 Å². The molecule has 4 aliphatic heterocycles. The average molecular weight is 860 g/mol.